The van der Waals surface area contributed by atoms with Crippen molar-refractivity contribution in [3.8, 4) is 0 Å². The van der Waals surface area contributed by atoms with Crippen LogP contribution in [0.2, 0.25) is 5.02 Å². The van der Waals surface area contributed by atoms with Gasteiger partial charge >= 0.3 is 0 Å². The molecule has 2 amide bonds. The molecule has 0 atom stereocenters. The van der Waals surface area contributed by atoms with E-state index in [9.17, 15) is 19.7 Å². The van der Waals surface area contributed by atoms with E-state index in [2.05, 4.69) is 0 Å². The standard InChI is InChI=1S/C21H18ClN3O5/c22-16-5-1-14(2-6-16)13-24-20(26)18(15-3-7-17(8-4-15)25(28)29)19(21(24)27)23-9-11-30-12-10-23/h1-8H,9-13H2. The van der Waals surface area contributed by atoms with Gasteiger partial charge in [-0.2, -0.15) is 0 Å². The maximum atomic E-state index is 13.3. The summed E-state index contributed by atoms with van der Waals surface area (Å²) >= 11 is 5.93. The van der Waals surface area contributed by atoms with Crippen molar-refractivity contribution in [2.24, 2.45) is 0 Å². The number of morpholine rings is 1. The van der Waals surface area contributed by atoms with Gasteiger partial charge in [-0.05, 0) is 35.4 Å². The van der Waals surface area contributed by atoms with Gasteiger partial charge in [-0.3, -0.25) is 24.6 Å². The third kappa shape index (κ3) is 3.79. The SMILES string of the molecule is O=C1C(c2ccc([N+](=O)[O-])cc2)=C(N2CCOCC2)C(=O)N1Cc1ccc(Cl)cc1. The smallest absolute Gasteiger partial charge is 0.278 e. The second-order valence-electron chi connectivity index (χ2n) is 6.95. The van der Waals surface area contributed by atoms with Gasteiger partial charge in [0.2, 0.25) is 0 Å². The number of nitrogens with zero attached hydrogens (tertiary/aromatic N) is 3. The van der Waals surface area contributed by atoms with E-state index in [1.54, 1.807) is 24.3 Å². The lowest BCUT2D eigenvalue weighted by Gasteiger charge is -2.29. The second kappa shape index (κ2) is 8.25. The number of halogens is 1. The average Bonchev–Trinajstić information content (AvgIpc) is 3.00. The Bertz CT molecular complexity index is 1030. The zero-order valence-corrected chi connectivity index (χ0v) is 16.7. The molecule has 1 fully saturated rings. The molecular formula is C21H18ClN3O5. The lowest BCUT2D eigenvalue weighted by Crippen LogP contribution is -2.40. The van der Waals surface area contributed by atoms with Crippen molar-refractivity contribution in [2.75, 3.05) is 26.3 Å². The van der Waals surface area contributed by atoms with E-state index in [0.717, 1.165) is 5.56 Å². The van der Waals surface area contributed by atoms with Gasteiger partial charge < -0.3 is 9.64 Å². The van der Waals surface area contributed by atoms with Crippen molar-refractivity contribution in [3.05, 3.63) is 80.5 Å². The van der Waals surface area contributed by atoms with Crippen LogP contribution in [0.5, 0.6) is 0 Å². The van der Waals surface area contributed by atoms with Crippen molar-refractivity contribution in [3.63, 3.8) is 0 Å². The van der Waals surface area contributed by atoms with E-state index >= 15 is 0 Å². The van der Waals surface area contributed by atoms with E-state index in [1.807, 2.05) is 4.90 Å². The highest BCUT2D eigenvalue weighted by atomic mass is 35.5. The lowest BCUT2D eigenvalue weighted by molar-refractivity contribution is -0.384. The molecule has 0 N–H and O–H groups in total. The largest absolute Gasteiger partial charge is 0.378 e. The van der Waals surface area contributed by atoms with E-state index in [0.29, 0.717) is 42.6 Å². The van der Waals surface area contributed by atoms with E-state index in [-0.39, 0.29) is 23.7 Å². The van der Waals surface area contributed by atoms with E-state index < -0.39 is 10.8 Å². The number of rotatable bonds is 5. The van der Waals surface area contributed by atoms with Crippen molar-refractivity contribution in [1.82, 2.24) is 9.80 Å². The summed E-state index contributed by atoms with van der Waals surface area (Å²) < 4.78 is 5.38. The zero-order valence-electron chi connectivity index (χ0n) is 15.9. The van der Waals surface area contributed by atoms with Gasteiger partial charge in [0.25, 0.3) is 17.5 Å². The molecule has 0 bridgehead atoms. The minimum absolute atomic E-state index is 0.0814. The van der Waals surface area contributed by atoms with Crippen molar-refractivity contribution >= 4 is 34.7 Å². The van der Waals surface area contributed by atoms with Gasteiger partial charge in [0, 0.05) is 30.2 Å². The van der Waals surface area contributed by atoms with Gasteiger partial charge in [0.1, 0.15) is 5.70 Å². The van der Waals surface area contributed by atoms with Gasteiger partial charge in [0.05, 0.1) is 30.3 Å². The zero-order chi connectivity index (χ0) is 21.3. The Morgan fingerprint density at radius 2 is 1.60 bits per heavy atom. The summed E-state index contributed by atoms with van der Waals surface area (Å²) in [6, 6.07) is 12.6. The van der Waals surface area contributed by atoms with Crippen molar-refractivity contribution < 1.29 is 19.2 Å². The molecular weight excluding hydrogens is 410 g/mol. The highest BCUT2D eigenvalue weighted by Crippen LogP contribution is 2.33. The van der Waals surface area contributed by atoms with E-state index in [4.69, 9.17) is 16.3 Å². The quantitative estimate of drug-likeness (QED) is 0.414. The molecule has 154 valence electrons. The molecule has 0 unspecified atom stereocenters. The molecule has 2 heterocycles. The number of non-ortho nitro benzene ring substituents is 1. The molecule has 9 heteroatoms. The summed E-state index contributed by atoms with van der Waals surface area (Å²) in [6.45, 7) is 1.99. The highest BCUT2D eigenvalue weighted by Gasteiger charge is 2.41. The Hall–Kier alpha value is -3.23. The molecule has 2 aliphatic rings. The molecule has 30 heavy (non-hydrogen) atoms. The normalized spacial score (nSPS) is 17.1. The van der Waals surface area contributed by atoms with Crippen LogP contribution in [0.3, 0.4) is 0 Å². The monoisotopic (exact) mass is 427 g/mol. The summed E-state index contributed by atoms with van der Waals surface area (Å²) in [6.07, 6.45) is 0. The van der Waals surface area contributed by atoms with Crippen molar-refractivity contribution in [1.29, 1.82) is 0 Å². The summed E-state index contributed by atoms with van der Waals surface area (Å²) in [5, 5.41) is 11.5. The maximum absolute atomic E-state index is 13.3. The molecule has 4 rings (SSSR count). The molecule has 0 aliphatic carbocycles. The number of amides is 2. The van der Waals surface area contributed by atoms with Crippen LogP contribution >= 0.6 is 11.6 Å². The number of benzene rings is 2. The third-order valence-corrected chi connectivity index (χ3v) is 5.34. The Kier molecular flexibility index (Phi) is 5.52. The van der Waals surface area contributed by atoms with E-state index in [1.165, 1.54) is 29.2 Å². The van der Waals surface area contributed by atoms with Gasteiger partial charge in [-0.15, -0.1) is 0 Å². The Labute approximate surface area is 177 Å². The van der Waals surface area contributed by atoms with Crippen molar-refractivity contribution in [2.45, 2.75) is 6.54 Å². The molecule has 0 radical (unpaired) electrons. The number of nitro groups is 1. The first-order valence-electron chi connectivity index (χ1n) is 9.38. The Morgan fingerprint density at radius 1 is 0.967 bits per heavy atom. The first kappa shape index (κ1) is 20.1. The molecule has 0 aromatic heterocycles. The first-order valence-corrected chi connectivity index (χ1v) is 9.76. The summed E-state index contributed by atoms with van der Waals surface area (Å²) in [4.78, 5) is 40.1. The van der Waals surface area contributed by atoms with Crippen LogP contribution in [-0.4, -0.2) is 52.8 Å². The number of carbonyl (C=O) groups is 2. The Morgan fingerprint density at radius 3 is 2.20 bits per heavy atom. The maximum Gasteiger partial charge on any atom is 0.278 e. The fraction of sp³-hybridized carbons (Fsp3) is 0.238. The minimum Gasteiger partial charge on any atom is -0.378 e. The predicted octanol–water partition coefficient (Wildman–Crippen LogP) is 2.86. The number of carbonyl (C=O) groups excluding carboxylic acids is 2. The van der Waals surface area contributed by atoms with Crippen LogP contribution < -0.4 is 0 Å². The molecule has 2 aromatic rings. The van der Waals surface area contributed by atoms with Gasteiger partial charge in [-0.25, -0.2) is 0 Å². The number of imide groups is 1. The predicted molar refractivity (Wildman–Crippen MR) is 109 cm³/mol. The average molecular weight is 428 g/mol. The summed E-state index contributed by atoms with van der Waals surface area (Å²) in [5.41, 5.74) is 1.73. The fourth-order valence-corrected chi connectivity index (χ4v) is 3.70. The molecule has 0 spiro atoms. The molecule has 1 saturated heterocycles. The third-order valence-electron chi connectivity index (χ3n) is 5.09. The number of nitro benzene ring substituents is 1. The fourth-order valence-electron chi connectivity index (χ4n) is 3.57. The van der Waals surface area contributed by atoms with Crippen LogP contribution in [0.1, 0.15) is 11.1 Å². The number of hydrogen-bond donors (Lipinski definition) is 0. The van der Waals surface area contributed by atoms with Crippen LogP contribution in [0, 0.1) is 10.1 Å². The van der Waals surface area contributed by atoms with Gasteiger partial charge in [-0.1, -0.05) is 23.7 Å². The lowest BCUT2D eigenvalue weighted by atomic mass is 10.0. The second-order valence-corrected chi connectivity index (χ2v) is 7.39. The molecule has 8 nitrogen and oxygen atoms in total. The molecule has 0 saturated carbocycles. The molecule has 2 aliphatic heterocycles. The van der Waals surface area contributed by atoms with Crippen LogP contribution in [-0.2, 0) is 20.9 Å². The number of hydrogen-bond acceptors (Lipinski definition) is 6. The Balaban J connectivity index is 1.72. The topological polar surface area (TPSA) is 93.0 Å². The van der Waals surface area contributed by atoms with Crippen LogP contribution in [0.4, 0.5) is 5.69 Å². The minimum atomic E-state index is -0.504. The molecule has 2 aromatic carbocycles. The number of ether oxygens (including phenoxy) is 1. The summed E-state index contributed by atoms with van der Waals surface area (Å²) in [5.74, 6) is -0.810. The first-order chi connectivity index (χ1) is 14.5. The van der Waals surface area contributed by atoms with Crippen LogP contribution in [0.25, 0.3) is 5.57 Å². The van der Waals surface area contributed by atoms with Gasteiger partial charge in [0.15, 0.2) is 0 Å². The van der Waals surface area contributed by atoms with Crippen LogP contribution in [0.15, 0.2) is 54.2 Å². The summed E-state index contributed by atoms with van der Waals surface area (Å²) in [7, 11) is 0. The highest BCUT2D eigenvalue weighted by molar-refractivity contribution is 6.35.